The molecule has 2 heterocycles. The average molecular weight is 353 g/mol. The fraction of sp³-hybridized carbons (Fsp3) is 0.529. The highest BCUT2D eigenvalue weighted by atomic mass is 19.1. The van der Waals surface area contributed by atoms with Gasteiger partial charge in [0.15, 0.2) is 0 Å². The molecule has 2 aliphatic rings. The maximum atomic E-state index is 13.8. The number of hydrogen-bond acceptors (Lipinski definition) is 4. The smallest absolute Gasteiger partial charge is 0.259 e. The molecule has 0 saturated carbocycles. The molecule has 2 atom stereocenters. The van der Waals surface area contributed by atoms with Crippen LogP contribution in [-0.4, -0.2) is 66.5 Å². The summed E-state index contributed by atoms with van der Waals surface area (Å²) >= 11 is 0. The Morgan fingerprint density at radius 2 is 1.68 bits per heavy atom. The van der Waals surface area contributed by atoms with Gasteiger partial charge in [0.2, 0.25) is 0 Å². The van der Waals surface area contributed by atoms with Crippen molar-refractivity contribution in [3.8, 4) is 0 Å². The number of ether oxygens (including phenoxy) is 1. The lowest BCUT2D eigenvalue weighted by molar-refractivity contribution is -0.144. The fourth-order valence-electron chi connectivity index (χ4n) is 3.25. The van der Waals surface area contributed by atoms with Crippen molar-refractivity contribution in [3.05, 3.63) is 35.4 Å². The SMILES string of the molecule is NC[C@H]1CC[C@@H](C(=O)N2CCN(C(=O)c3c(F)cccc3F)CC2)O1. The minimum atomic E-state index is -0.879. The van der Waals surface area contributed by atoms with Gasteiger partial charge in [0.25, 0.3) is 11.8 Å². The molecule has 8 heteroatoms. The van der Waals surface area contributed by atoms with Crippen LogP contribution in [0.4, 0.5) is 8.78 Å². The Morgan fingerprint density at radius 3 is 2.24 bits per heavy atom. The fourth-order valence-corrected chi connectivity index (χ4v) is 3.25. The Kier molecular flexibility index (Phi) is 5.29. The second-order valence-electron chi connectivity index (χ2n) is 6.27. The number of nitrogens with zero attached hydrogens (tertiary/aromatic N) is 2. The van der Waals surface area contributed by atoms with Crippen LogP contribution in [0.15, 0.2) is 18.2 Å². The standard InChI is InChI=1S/C17H21F2N3O3/c18-12-2-1-3-13(19)15(12)17(24)22-8-6-21(7-9-22)16(23)14-5-4-11(10-20)25-14/h1-3,11,14H,4-10,20H2/t11-,14+/m1/s1. The van der Waals surface area contributed by atoms with Crippen LogP contribution < -0.4 is 5.73 Å². The van der Waals surface area contributed by atoms with E-state index in [2.05, 4.69) is 0 Å². The van der Waals surface area contributed by atoms with E-state index in [4.69, 9.17) is 10.5 Å². The van der Waals surface area contributed by atoms with Crippen LogP contribution in [-0.2, 0) is 9.53 Å². The molecular weight excluding hydrogens is 332 g/mol. The molecule has 0 radical (unpaired) electrons. The topological polar surface area (TPSA) is 75.9 Å². The van der Waals surface area contributed by atoms with Gasteiger partial charge in [-0.15, -0.1) is 0 Å². The highest BCUT2D eigenvalue weighted by Crippen LogP contribution is 2.22. The number of benzene rings is 1. The van der Waals surface area contributed by atoms with Gasteiger partial charge in [-0.25, -0.2) is 8.78 Å². The Bertz CT molecular complexity index is 642. The molecule has 6 nitrogen and oxygen atoms in total. The zero-order valence-electron chi connectivity index (χ0n) is 13.8. The number of hydrogen-bond donors (Lipinski definition) is 1. The first-order valence-corrected chi connectivity index (χ1v) is 8.39. The number of nitrogens with two attached hydrogens (primary N) is 1. The first-order chi connectivity index (χ1) is 12.0. The largest absolute Gasteiger partial charge is 0.364 e. The molecule has 2 amide bonds. The summed E-state index contributed by atoms with van der Waals surface area (Å²) in [5.41, 5.74) is 5.00. The zero-order chi connectivity index (χ0) is 18.0. The highest BCUT2D eigenvalue weighted by molar-refractivity contribution is 5.95. The van der Waals surface area contributed by atoms with Crippen molar-refractivity contribution in [2.75, 3.05) is 32.7 Å². The van der Waals surface area contributed by atoms with E-state index >= 15 is 0 Å². The molecular formula is C17H21F2N3O3. The van der Waals surface area contributed by atoms with Gasteiger partial charge in [-0.05, 0) is 25.0 Å². The molecule has 0 spiro atoms. The summed E-state index contributed by atoms with van der Waals surface area (Å²) in [6.07, 6.45) is 0.832. The van der Waals surface area contributed by atoms with Gasteiger partial charge in [-0.1, -0.05) is 6.07 Å². The first kappa shape index (κ1) is 17.8. The molecule has 0 bridgehead atoms. The maximum Gasteiger partial charge on any atom is 0.259 e. The molecule has 2 fully saturated rings. The second-order valence-corrected chi connectivity index (χ2v) is 6.27. The van der Waals surface area contributed by atoms with Crippen LogP contribution in [0.1, 0.15) is 23.2 Å². The van der Waals surface area contributed by atoms with Crippen molar-refractivity contribution < 1.29 is 23.1 Å². The molecule has 1 aromatic rings. The molecule has 3 rings (SSSR count). The monoisotopic (exact) mass is 353 g/mol. The van der Waals surface area contributed by atoms with Crippen molar-refractivity contribution in [2.24, 2.45) is 5.73 Å². The van der Waals surface area contributed by atoms with E-state index < -0.39 is 29.2 Å². The number of carbonyl (C=O) groups excluding carboxylic acids is 2. The predicted molar refractivity (Wildman–Crippen MR) is 85.8 cm³/mol. The molecule has 25 heavy (non-hydrogen) atoms. The van der Waals surface area contributed by atoms with Crippen LogP contribution in [0, 0.1) is 11.6 Å². The third kappa shape index (κ3) is 3.64. The minimum absolute atomic E-state index is 0.0825. The van der Waals surface area contributed by atoms with Crippen LogP contribution >= 0.6 is 0 Å². The van der Waals surface area contributed by atoms with Gasteiger partial charge < -0.3 is 20.3 Å². The summed E-state index contributed by atoms with van der Waals surface area (Å²) in [6.45, 7) is 1.47. The predicted octanol–water partition coefficient (Wildman–Crippen LogP) is 0.756. The van der Waals surface area contributed by atoms with Gasteiger partial charge in [0.05, 0.1) is 6.10 Å². The number of halogens is 2. The third-order valence-electron chi connectivity index (χ3n) is 4.70. The van der Waals surface area contributed by atoms with E-state index in [0.717, 1.165) is 18.6 Å². The highest BCUT2D eigenvalue weighted by Gasteiger charge is 2.35. The summed E-state index contributed by atoms with van der Waals surface area (Å²) in [4.78, 5) is 27.8. The number of amides is 2. The summed E-state index contributed by atoms with van der Waals surface area (Å²) in [5, 5.41) is 0. The van der Waals surface area contributed by atoms with E-state index in [1.807, 2.05) is 0 Å². The molecule has 0 unspecified atom stereocenters. The molecule has 2 saturated heterocycles. The Balaban J connectivity index is 1.58. The minimum Gasteiger partial charge on any atom is -0.364 e. The molecule has 136 valence electrons. The number of piperazine rings is 1. The van der Waals surface area contributed by atoms with Crippen molar-refractivity contribution in [3.63, 3.8) is 0 Å². The Labute approximate surface area is 144 Å². The lowest BCUT2D eigenvalue weighted by Crippen LogP contribution is -2.53. The Hall–Kier alpha value is -2.06. The van der Waals surface area contributed by atoms with E-state index in [1.165, 1.54) is 11.0 Å². The first-order valence-electron chi connectivity index (χ1n) is 8.39. The number of rotatable bonds is 3. The van der Waals surface area contributed by atoms with Crippen molar-refractivity contribution >= 4 is 11.8 Å². The third-order valence-corrected chi connectivity index (χ3v) is 4.70. The summed E-state index contributed by atoms with van der Waals surface area (Å²) in [6, 6.07) is 3.33. The van der Waals surface area contributed by atoms with Crippen LogP contribution in [0.5, 0.6) is 0 Å². The summed E-state index contributed by atoms with van der Waals surface area (Å²) < 4.78 is 33.1. The van der Waals surface area contributed by atoms with Crippen molar-refractivity contribution in [1.29, 1.82) is 0 Å². The van der Waals surface area contributed by atoms with E-state index in [9.17, 15) is 18.4 Å². The van der Waals surface area contributed by atoms with E-state index in [0.29, 0.717) is 26.1 Å². The van der Waals surface area contributed by atoms with Gasteiger partial charge >= 0.3 is 0 Å². The average Bonchev–Trinajstić information content (AvgIpc) is 3.10. The molecule has 2 aliphatic heterocycles. The quantitative estimate of drug-likeness (QED) is 0.870. The molecule has 0 aromatic heterocycles. The summed E-state index contributed by atoms with van der Waals surface area (Å²) in [5.74, 6) is -2.56. The Morgan fingerprint density at radius 1 is 1.08 bits per heavy atom. The molecule has 1 aromatic carbocycles. The van der Waals surface area contributed by atoms with Gasteiger partial charge in [0.1, 0.15) is 23.3 Å². The molecule has 2 N–H and O–H groups in total. The van der Waals surface area contributed by atoms with Crippen LogP contribution in [0.25, 0.3) is 0 Å². The van der Waals surface area contributed by atoms with Gasteiger partial charge in [0, 0.05) is 32.7 Å². The van der Waals surface area contributed by atoms with E-state index in [1.54, 1.807) is 4.90 Å². The maximum absolute atomic E-state index is 13.8. The normalized spacial score (nSPS) is 23.8. The lowest BCUT2D eigenvalue weighted by atomic mass is 10.1. The van der Waals surface area contributed by atoms with Crippen LogP contribution in [0.3, 0.4) is 0 Å². The number of carbonyl (C=O) groups is 2. The lowest BCUT2D eigenvalue weighted by Gasteiger charge is -2.36. The summed E-state index contributed by atoms with van der Waals surface area (Å²) in [7, 11) is 0. The van der Waals surface area contributed by atoms with Crippen LogP contribution in [0.2, 0.25) is 0 Å². The van der Waals surface area contributed by atoms with Crippen molar-refractivity contribution in [2.45, 2.75) is 25.0 Å². The van der Waals surface area contributed by atoms with E-state index in [-0.39, 0.29) is 25.1 Å². The van der Waals surface area contributed by atoms with Gasteiger partial charge in [-0.2, -0.15) is 0 Å². The van der Waals surface area contributed by atoms with Gasteiger partial charge in [-0.3, -0.25) is 9.59 Å². The molecule has 0 aliphatic carbocycles. The second kappa shape index (κ2) is 7.45. The van der Waals surface area contributed by atoms with Crippen molar-refractivity contribution in [1.82, 2.24) is 9.80 Å². The zero-order valence-corrected chi connectivity index (χ0v) is 13.8.